The van der Waals surface area contributed by atoms with E-state index in [1.807, 2.05) is 6.07 Å². The van der Waals surface area contributed by atoms with E-state index in [9.17, 15) is 13.2 Å². The summed E-state index contributed by atoms with van der Waals surface area (Å²) in [4.78, 5) is 17.0. The zero-order valence-corrected chi connectivity index (χ0v) is 22.6. The van der Waals surface area contributed by atoms with Crippen LogP contribution in [0.4, 0.5) is 4.39 Å². The van der Waals surface area contributed by atoms with Gasteiger partial charge in [-0.05, 0) is 41.8 Å². The number of amides is 1. The lowest BCUT2D eigenvalue weighted by molar-refractivity contribution is -0.587. The van der Waals surface area contributed by atoms with Gasteiger partial charge in [0, 0.05) is 48.7 Å². The fraction of sp³-hybridized carbons (Fsp3) is 0.385. The molecule has 3 saturated heterocycles. The number of piperazine rings is 1. The molecule has 37 heavy (non-hydrogen) atoms. The number of fused-ring (bicyclic) bond motifs is 1. The van der Waals surface area contributed by atoms with E-state index in [1.54, 1.807) is 30.3 Å². The molecule has 3 aliphatic rings. The van der Waals surface area contributed by atoms with E-state index in [4.69, 9.17) is 11.6 Å². The van der Waals surface area contributed by atoms with Gasteiger partial charge in [-0.2, -0.15) is 4.31 Å². The summed E-state index contributed by atoms with van der Waals surface area (Å²) < 4.78 is 46.4. The first-order chi connectivity index (χ1) is 17.8. The first-order valence-corrected chi connectivity index (χ1v) is 15.1. The molecule has 0 N–H and O–H groups in total. The summed E-state index contributed by atoms with van der Waals surface area (Å²) in [7, 11) is -3.70. The molecule has 0 spiro atoms. The standard InChI is InChI=1S/C26H27ClFN4O3S2/c27-20-5-3-18-16-24(36-23(18)17-20)37(34,35)32-13-11-31(12-14-32)26(33)21-6-4-19(15-22(21)28)25(29-7-1-8-29)30-9-2-10-30/h3-6,15-17H,1-2,7-14H2/q+1. The van der Waals surface area contributed by atoms with E-state index in [0.717, 1.165) is 60.5 Å². The summed E-state index contributed by atoms with van der Waals surface area (Å²) >= 11 is 7.23. The molecular weight excluding hydrogens is 535 g/mol. The molecule has 7 nitrogen and oxygen atoms in total. The van der Waals surface area contributed by atoms with Crippen LogP contribution in [0.5, 0.6) is 0 Å². The number of likely N-dealkylation sites (tertiary alicyclic amines) is 1. The zero-order chi connectivity index (χ0) is 25.7. The third-order valence-electron chi connectivity index (χ3n) is 7.35. The molecule has 3 fully saturated rings. The van der Waals surface area contributed by atoms with Crippen molar-refractivity contribution >= 4 is 54.8 Å². The van der Waals surface area contributed by atoms with E-state index in [1.165, 1.54) is 26.6 Å². The number of benzene rings is 2. The molecule has 0 aliphatic carbocycles. The molecule has 0 saturated carbocycles. The van der Waals surface area contributed by atoms with Crippen LogP contribution < -0.4 is 0 Å². The number of nitrogens with zero attached hydrogens (tertiary/aromatic N) is 4. The largest absolute Gasteiger partial charge is 0.336 e. The Morgan fingerprint density at radius 3 is 2.30 bits per heavy atom. The third-order valence-corrected chi connectivity index (χ3v) is 11.0. The van der Waals surface area contributed by atoms with Gasteiger partial charge in [-0.3, -0.25) is 14.3 Å². The summed E-state index contributed by atoms with van der Waals surface area (Å²) in [5.41, 5.74) is 0.821. The van der Waals surface area contributed by atoms with E-state index < -0.39 is 21.7 Å². The van der Waals surface area contributed by atoms with Gasteiger partial charge in [-0.25, -0.2) is 12.8 Å². The molecule has 3 aliphatic heterocycles. The number of thiophene rings is 1. The maximum atomic E-state index is 15.2. The monoisotopic (exact) mass is 561 g/mol. The van der Waals surface area contributed by atoms with Crippen LogP contribution in [0, 0.1) is 5.82 Å². The molecule has 1 amide bonds. The Morgan fingerprint density at radius 1 is 0.919 bits per heavy atom. The summed E-state index contributed by atoms with van der Waals surface area (Å²) in [6, 6.07) is 11.8. The second-order valence-corrected chi connectivity index (χ2v) is 13.3. The van der Waals surface area contributed by atoms with Gasteiger partial charge >= 0.3 is 0 Å². The minimum atomic E-state index is -3.70. The second kappa shape index (κ2) is 9.65. The first-order valence-electron chi connectivity index (χ1n) is 12.5. The van der Waals surface area contributed by atoms with Crippen molar-refractivity contribution in [1.82, 2.24) is 14.1 Å². The number of hydrogen-bond donors (Lipinski definition) is 0. The Hall–Kier alpha value is -2.53. The van der Waals surface area contributed by atoms with Gasteiger partial charge in [0.2, 0.25) is 0 Å². The van der Waals surface area contributed by atoms with Crippen LogP contribution >= 0.6 is 22.9 Å². The maximum absolute atomic E-state index is 15.2. The number of hydrogen-bond acceptors (Lipinski definition) is 4. The fourth-order valence-electron chi connectivity index (χ4n) is 4.99. The molecule has 1 aromatic heterocycles. The highest BCUT2D eigenvalue weighted by Crippen LogP contribution is 2.33. The topological polar surface area (TPSA) is 63.9 Å². The molecule has 4 heterocycles. The highest BCUT2D eigenvalue weighted by atomic mass is 35.5. The average molecular weight is 562 g/mol. The summed E-state index contributed by atoms with van der Waals surface area (Å²) in [5, 5.41) is 1.38. The van der Waals surface area contributed by atoms with Crippen molar-refractivity contribution in [3.8, 4) is 0 Å². The quantitative estimate of drug-likeness (QED) is 0.360. The minimum Gasteiger partial charge on any atom is -0.336 e. The van der Waals surface area contributed by atoms with Gasteiger partial charge in [-0.15, -0.1) is 11.3 Å². The van der Waals surface area contributed by atoms with Crippen LogP contribution in [-0.2, 0) is 10.0 Å². The van der Waals surface area contributed by atoms with Crippen LogP contribution in [-0.4, -0.2) is 91.2 Å². The Morgan fingerprint density at radius 2 is 1.68 bits per heavy atom. The van der Waals surface area contributed by atoms with Gasteiger partial charge in [0.25, 0.3) is 21.8 Å². The molecule has 2 aromatic carbocycles. The highest BCUT2D eigenvalue weighted by Gasteiger charge is 2.35. The Balaban J connectivity index is 1.15. The van der Waals surface area contributed by atoms with Crippen molar-refractivity contribution in [3.63, 3.8) is 0 Å². The predicted octanol–water partition coefficient (Wildman–Crippen LogP) is 3.71. The number of rotatable bonds is 4. The van der Waals surface area contributed by atoms with Crippen LogP contribution in [0.3, 0.4) is 0 Å². The number of carbonyl (C=O) groups is 1. The highest BCUT2D eigenvalue weighted by molar-refractivity contribution is 7.91. The molecule has 0 bridgehead atoms. The number of halogens is 2. The van der Waals surface area contributed by atoms with Crippen LogP contribution in [0.1, 0.15) is 28.8 Å². The lowest BCUT2D eigenvalue weighted by atomic mass is 10.0. The lowest BCUT2D eigenvalue weighted by Gasteiger charge is -2.34. The molecular formula is C26H27ClFN4O3S2+. The number of sulfonamides is 1. The van der Waals surface area contributed by atoms with Gasteiger partial charge in [-0.1, -0.05) is 17.7 Å². The third kappa shape index (κ3) is 4.54. The van der Waals surface area contributed by atoms with Gasteiger partial charge in [0.1, 0.15) is 10.0 Å². The van der Waals surface area contributed by atoms with E-state index in [2.05, 4.69) is 9.48 Å². The van der Waals surface area contributed by atoms with Crippen molar-refractivity contribution in [2.45, 2.75) is 17.1 Å². The molecule has 3 aromatic rings. The van der Waals surface area contributed by atoms with Crippen molar-refractivity contribution in [2.24, 2.45) is 0 Å². The molecule has 0 unspecified atom stereocenters. The predicted molar refractivity (Wildman–Crippen MR) is 143 cm³/mol. The van der Waals surface area contributed by atoms with E-state index in [0.29, 0.717) is 5.02 Å². The Bertz CT molecular complexity index is 1520. The lowest BCUT2D eigenvalue weighted by Crippen LogP contribution is -2.50. The van der Waals surface area contributed by atoms with Crippen LogP contribution in [0.2, 0.25) is 5.02 Å². The zero-order valence-electron chi connectivity index (χ0n) is 20.2. The van der Waals surface area contributed by atoms with Gasteiger partial charge in [0.05, 0.1) is 37.3 Å². The minimum absolute atomic E-state index is 0.0213. The van der Waals surface area contributed by atoms with Crippen molar-refractivity contribution in [3.05, 3.63) is 64.4 Å². The van der Waals surface area contributed by atoms with Crippen molar-refractivity contribution in [1.29, 1.82) is 0 Å². The molecule has 194 valence electrons. The molecule has 0 radical (unpaired) electrons. The average Bonchev–Trinajstić information content (AvgIpc) is 3.25. The van der Waals surface area contributed by atoms with Crippen molar-refractivity contribution < 1.29 is 22.2 Å². The van der Waals surface area contributed by atoms with Crippen LogP contribution in [0.15, 0.2) is 46.7 Å². The maximum Gasteiger partial charge on any atom is 0.279 e. The molecule has 0 atom stereocenters. The van der Waals surface area contributed by atoms with Crippen LogP contribution in [0.25, 0.3) is 10.1 Å². The number of amidine groups is 1. The SMILES string of the molecule is O=C(c1ccc(C(N2CCC2)=[N+]2CCC2)cc1F)N1CCN(S(=O)(=O)c2cc3ccc(Cl)cc3s2)CC1. The Labute approximate surface area is 224 Å². The summed E-state index contributed by atoms with van der Waals surface area (Å²) in [6.07, 6.45) is 2.27. The van der Waals surface area contributed by atoms with E-state index in [-0.39, 0.29) is 36.0 Å². The normalized spacial score (nSPS) is 18.6. The molecule has 11 heteroatoms. The van der Waals surface area contributed by atoms with E-state index >= 15 is 4.39 Å². The van der Waals surface area contributed by atoms with Gasteiger partial charge in [0.15, 0.2) is 0 Å². The second-order valence-electron chi connectivity index (χ2n) is 9.64. The molecule has 6 rings (SSSR count). The summed E-state index contributed by atoms with van der Waals surface area (Å²) in [6.45, 7) is 4.60. The van der Waals surface area contributed by atoms with Gasteiger partial charge < -0.3 is 4.90 Å². The summed E-state index contributed by atoms with van der Waals surface area (Å²) in [5.74, 6) is 0.102. The first kappa shape index (κ1) is 24.8. The smallest absolute Gasteiger partial charge is 0.279 e. The Kier molecular flexibility index (Phi) is 6.46. The fourth-order valence-corrected chi connectivity index (χ4v) is 8.24. The number of carbonyl (C=O) groups excluding carboxylic acids is 1. The van der Waals surface area contributed by atoms with Crippen molar-refractivity contribution in [2.75, 3.05) is 52.4 Å².